The summed E-state index contributed by atoms with van der Waals surface area (Å²) in [6.45, 7) is 2.97. The average molecular weight is 462 g/mol. The van der Waals surface area contributed by atoms with Crippen molar-refractivity contribution in [1.29, 1.82) is 0 Å². The minimum Gasteiger partial charge on any atom is -0.454 e. The Balaban J connectivity index is 1.30. The van der Waals surface area contributed by atoms with Crippen LogP contribution < -0.4 is 15.0 Å². The van der Waals surface area contributed by atoms with Crippen molar-refractivity contribution >= 4 is 27.5 Å². The van der Waals surface area contributed by atoms with E-state index in [1.165, 1.54) is 22.2 Å². The standard InChI is InChI=1S/C25H23N3O4S/c1-16-3-6-18(7-4-16)19-13-33-24-23(19)25(30)28(14-26-24)10-9-22(29)27(2)12-17-5-8-20-21(11-17)32-15-31-20/h3-8,11,13-14H,9-10,12,15H2,1-2H3. The van der Waals surface area contributed by atoms with E-state index in [9.17, 15) is 9.59 Å². The normalized spacial score (nSPS) is 12.3. The average Bonchev–Trinajstić information content (AvgIpc) is 3.46. The highest BCUT2D eigenvalue weighted by molar-refractivity contribution is 7.17. The molecule has 1 aliphatic rings. The number of aromatic nitrogens is 2. The Labute approximate surface area is 194 Å². The maximum absolute atomic E-state index is 13.2. The molecule has 2 aromatic heterocycles. The Morgan fingerprint density at radius 2 is 1.94 bits per heavy atom. The SMILES string of the molecule is Cc1ccc(-c2csc3ncn(CCC(=O)N(C)Cc4ccc5c(c4)OCO5)c(=O)c23)cc1. The van der Waals surface area contributed by atoms with Gasteiger partial charge in [0.2, 0.25) is 12.7 Å². The first kappa shape index (κ1) is 21.2. The summed E-state index contributed by atoms with van der Waals surface area (Å²) >= 11 is 1.46. The van der Waals surface area contributed by atoms with E-state index in [0.29, 0.717) is 28.3 Å². The number of fused-ring (bicyclic) bond motifs is 2. The van der Waals surface area contributed by atoms with Gasteiger partial charge in [-0.2, -0.15) is 0 Å². The van der Waals surface area contributed by atoms with Crippen molar-refractivity contribution in [3.63, 3.8) is 0 Å². The molecule has 0 bridgehead atoms. The van der Waals surface area contributed by atoms with Gasteiger partial charge in [-0.25, -0.2) is 4.98 Å². The summed E-state index contributed by atoms with van der Waals surface area (Å²) in [6.07, 6.45) is 1.74. The fourth-order valence-electron chi connectivity index (χ4n) is 3.88. The maximum Gasteiger partial charge on any atom is 0.262 e. The zero-order valence-corrected chi connectivity index (χ0v) is 19.2. The minimum atomic E-state index is -0.122. The predicted octanol–water partition coefficient (Wildman–Crippen LogP) is 4.21. The summed E-state index contributed by atoms with van der Waals surface area (Å²) in [5.41, 5.74) is 3.87. The Bertz CT molecular complexity index is 1390. The van der Waals surface area contributed by atoms with Crippen molar-refractivity contribution in [3.8, 4) is 22.6 Å². The Hall–Kier alpha value is -3.65. The van der Waals surface area contributed by atoms with Crippen LogP contribution in [0, 0.1) is 6.92 Å². The Morgan fingerprint density at radius 1 is 1.15 bits per heavy atom. The third-order valence-corrected chi connectivity index (χ3v) is 6.66. The minimum absolute atomic E-state index is 0.0521. The molecule has 4 aromatic rings. The number of carbonyl (C=O) groups excluding carboxylic acids is 1. The van der Waals surface area contributed by atoms with E-state index in [0.717, 1.165) is 22.3 Å². The van der Waals surface area contributed by atoms with Crippen LogP contribution >= 0.6 is 11.3 Å². The van der Waals surface area contributed by atoms with Gasteiger partial charge in [0, 0.05) is 37.5 Å². The number of aryl methyl sites for hydroxylation is 2. The fraction of sp³-hybridized carbons (Fsp3) is 0.240. The molecule has 0 fully saturated rings. The molecule has 0 spiro atoms. The van der Waals surface area contributed by atoms with Gasteiger partial charge in [-0.15, -0.1) is 11.3 Å². The van der Waals surface area contributed by atoms with Gasteiger partial charge in [0.1, 0.15) is 4.83 Å². The van der Waals surface area contributed by atoms with Crippen LogP contribution in [0.2, 0.25) is 0 Å². The lowest BCUT2D eigenvalue weighted by molar-refractivity contribution is -0.130. The van der Waals surface area contributed by atoms with Crippen molar-refractivity contribution in [3.05, 3.63) is 75.7 Å². The molecule has 1 amide bonds. The van der Waals surface area contributed by atoms with Gasteiger partial charge in [-0.05, 0) is 30.2 Å². The molecule has 0 saturated carbocycles. The zero-order valence-electron chi connectivity index (χ0n) is 18.4. The topological polar surface area (TPSA) is 73.7 Å². The maximum atomic E-state index is 13.2. The Kier molecular flexibility index (Phi) is 5.60. The zero-order chi connectivity index (χ0) is 22.9. The highest BCUT2D eigenvalue weighted by Gasteiger charge is 2.17. The molecule has 0 saturated heterocycles. The molecule has 33 heavy (non-hydrogen) atoms. The molecule has 168 valence electrons. The van der Waals surface area contributed by atoms with Crippen LogP contribution in [0.25, 0.3) is 21.3 Å². The first-order chi connectivity index (χ1) is 16.0. The second kappa shape index (κ2) is 8.71. The van der Waals surface area contributed by atoms with Crippen LogP contribution in [0.4, 0.5) is 0 Å². The molecule has 0 aliphatic carbocycles. The monoisotopic (exact) mass is 461 g/mol. The van der Waals surface area contributed by atoms with E-state index in [1.54, 1.807) is 11.9 Å². The van der Waals surface area contributed by atoms with Crippen LogP contribution in [0.15, 0.2) is 59.0 Å². The first-order valence-electron chi connectivity index (χ1n) is 10.7. The molecule has 2 aromatic carbocycles. The summed E-state index contributed by atoms with van der Waals surface area (Å²) in [6, 6.07) is 13.7. The van der Waals surface area contributed by atoms with Gasteiger partial charge in [-0.3, -0.25) is 14.2 Å². The number of rotatable bonds is 6. The van der Waals surface area contributed by atoms with Gasteiger partial charge in [0.15, 0.2) is 11.5 Å². The van der Waals surface area contributed by atoms with E-state index in [2.05, 4.69) is 4.98 Å². The molecule has 8 heteroatoms. The van der Waals surface area contributed by atoms with Gasteiger partial charge < -0.3 is 14.4 Å². The molecule has 1 aliphatic heterocycles. The fourth-order valence-corrected chi connectivity index (χ4v) is 4.79. The number of carbonyl (C=O) groups is 1. The second-order valence-electron chi connectivity index (χ2n) is 8.13. The predicted molar refractivity (Wildman–Crippen MR) is 128 cm³/mol. The van der Waals surface area contributed by atoms with Gasteiger partial charge in [-0.1, -0.05) is 35.9 Å². The number of hydrogen-bond donors (Lipinski definition) is 0. The van der Waals surface area contributed by atoms with Gasteiger partial charge in [0.25, 0.3) is 5.56 Å². The lowest BCUT2D eigenvalue weighted by Gasteiger charge is -2.18. The molecule has 7 nitrogen and oxygen atoms in total. The summed E-state index contributed by atoms with van der Waals surface area (Å²) < 4.78 is 12.3. The molecule has 0 unspecified atom stereocenters. The number of benzene rings is 2. The van der Waals surface area contributed by atoms with Crippen LogP contribution in [0.1, 0.15) is 17.5 Å². The van der Waals surface area contributed by atoms with E-state index in [-0.39, 0.29) is 31.2 Å². The lowest BCUT2D eigenvalue weighted by atomic mass is 10.1. The lowest BCUT2D eigenvalue weighted by Crippen LogP contribution is -2.29. The summed E-state index contributed by atoms with van der Waals surface area (Å²) in [4.78, 5) is 32.8. The molecule has 0 N–H and O–H groups in total. The third kappa shape index (κ3) is 4.21. The van der Waals surface area contributed by atoms with E-state index >= 15 is 0 Å². The molecule has 0 atom stereocenters. The van der Waals surface area contributed by atoms with Crippen LogP contribution in [0.5, 0.6) is 11.5 Å². The molecular formula is C25H23N3O4S. The molecule has 5 rings (SSSR count). The number of ether oxygens (including phenoxy) is 2. The van der Waals surface area contributed by atoms with Crippen LogP contribution in [-0.4, -0.2) is 34.2 Å². The smallest absolute Gasteiger partial charge is 0.262 e. The third-order valence-electron chi connectivity index (χ3n) is 5.77. The molecular weight excluding hydrogens is 438 g/mol. The van der Waals surface area contributed by atoms with Crippen molar-refractivity contribution in [2.45, 2.75) is 26.4 Å². The molecule has 0 radical (unpaired) electrons. The van der Waals surface area contributed by atoms with Crippen molar-refractivity contribution in [2.24, 2.45) is 0 Å². The van der Waals surface area contributed by atoms with E-state index in [4.69, 9.17) is 9.47 Å². The van der Waals surface area contributed by atoms with Gasteiger partial charge in [0.05, 0.1) is 11.7 Å². The van der Waals surface area contributed by atoms with Gasteiger partial charge >= 0.3 is 0 Å². The number of thiophene rings is 1. The Morgan fingerprint density at radius 3 is 2.76 bits per heavy atom. The number of hydrogen-bond acceptors (Lipinski definition) is 6. The van der Waals surface area contributed by atoms with Crippen molar-refractivity contribution in [2.75, 3.05) is 13.8 Å². The summed E-state index contributed by atoms with van der Waals surface area (Å²) in [7, 11) is 1.76. The van der Waals surface area contributed by atoms with E-state index < -0.39 is 0 Å². The highest BCUT2D eigenvalue weighted by atomic mass is 32.1. The van der Waals surface area contributed by atoms with Crippen LogP contribution in [-0.2, 0) is 17.9 Å². The largest absolute Gasteiger partial charge is 0.454 e. The van der Waals surface area contributed by atoms with E-state index in [1.807, 2.05) is 54.8 Å². The first-order valence-corrected chi connectivity index (χ1v) is 11.5. The van der Waals surface area contributed by atoms with Crippen LogP contribution in [0.3, 0.4) is 0 Å². The number of nitrogens with zero attached hydrogens (tertiary/aromatic N) is 3. The van der Waals surface area contributed by atoms with Crippen molar-refractivity contribution in [1.82, 2.24) is 14.5 Å². The quantitative estimate of drug-likeness (QED) is 0.430. The summed E-state index contributed by atoms with van der Waals surface area (Å²) in [5, 5.41) is 2.57. The number of amides is 1. The highest BCUT2D eigenvalue weighted by Crippen LogP contribution is 2.33. The van der Waals surface area contributed by atoms with Crippen molar-refractivity contribution < 1.29 is 14.3 Å². The molecule has 3 heterocycles. The summed E-state index contributed by atoms with van der Waals surface area (Å²) in [5.74, 6) is 1.36. The second-order valence-corrected chi connectivity index (χ2v) is 8.98.